The van der Waals surface area contributed by atoms with Crippen molar-refractivity contribution < 1.29 is 9.53 Å². The molecule has 1 atom stereocenters. The Hall–Kier alpha value is -3.71. The van der Waals surface area contributed by atoms with Crippen LogP contribution in [0.25, 0.3) is 16.9 Å². The molecule has 7 heteroatoms. The molecule has 0 aliphatic carbocycles. The first-order valence-corrected chi connectivity index (χ1v) is 11.8. The van der Waals surface area contributed by atoms with Crippen LogP contribution in [-0.4, -0.2) is 33.5 Å². The third-order valence-corrected chi connectivity index (χ3v) is 6.49. The fraction of sp³-hybridized carbons (Fsp3) is 0.192. The highest BCUT2D eigenvalue weighted by Gasteiger charge is 2.35. The van der Waals surface area contributed by atoms with E-state index in [9.17, 15) is 4.79 Å². The summed E-state index contributed by atoms with van der Waals surface area (Å²) in [6.07, 6.45) is 3.06. The average Bonchev–Trinajstić information content (AvgIpc) is 3.63. The second kappa shape index (κ2) is 9.03. The largest absolute Gasteiger partial charge is 0.497 e. The number of rotatable bonds is 6. The van der Waals surface area contributed by atoms with Crippen LogP contribution in [0.5, 0.6) is 5.75 Å². The lowest BCUT2D eigenvalue weighted by molar-refractivity contribution is -0.132. The lowest BCUT2D eigenvalue weighted by Crippen LogP contribution is -2.26. The van der Waals surface area contributed by atoms with Crippen molar-refractivity contribution in [2.24, 2.45) is 5.10 Å². The molecule has 0 N–H and O–H groups in total. The predicted molar refractivity (Wildman–Crippen MR) is 131 cm³/mol. The Kier molecular flexibility index (Phi) is 5.79. The zero-order valence-corrected chi connectivity index (χ0v) is 19.3. The van der Waals surface area contributed by atoms with Crippen LogP contribution in [0.4, 0.5) is 0 Å². The molecule has 0 spiro atoms. The maximum atomic E-state index is 12.9. The molecule has 0 unspecified atom stereocenters. The zero-order valence-electron chi connectivity index (χ0n) is 18.5. The van der Waals surface area contributed by atoms with Gasteiger partial charge in [0.25, 0.3) is 0 Å². The maximum absolute atomic E-state index is 12.9. The smallest absolute Gasteiger partial charge is 0.242 e. The third-order valence-electron chi connectivity index (χ3n) is 5.81. The van der Waals surface area contributed by atoms with Crippen molar-refractivity contribution in [3.63, 3.8) is 0 Å². The lowest BCUT2D eigenvalue weighted by Gasteiger charge is -2.21. The number of nitrogens with zero attached hydrogens (tertiary/aromatic N) is 4. The minimum Gasteiger partial charge on any atom is -0.497 e. The minimum absolute atomic E-state index is 0.00151. The molecule has 6 nitrogen and oxygen atoms in total. The molecule has 0 saturated heterocycles. The molecule has 0 bridgehead atoms. The van der Waals surface area contributed by atoms with E-state index < -0.39 is 0 Å². The summed E-state index contributed by atoms with van der Waals surface area (Å²) in [6.45, 7) is 1.87. The quantitative estimate of drug-likeness (QED) is 0.374. The molecule has 1 aliphatic rings. The van der Waals surface area contributed by atoms with Crippen molar-refractivity contribution in [1.29, 1.82) is 0 Å². The van der Waals surface area contributed by atoms with Crippen LogP contribution in [0.1, 0.15) is 36.9 Å². The number of hydrazone groups is 1. The number of aromatic nitrogens is 2. The normalized spacial score (nSPS) is 15.5. The van der Waals surface area contributed by atoms with Gasteiger partial charge >= 0.3 is 0 Å². The fourth-order valence-corrected chi connectivity index (χ4v) is 4.73. The molecule has 2 aromatic carbocycles. The van der Waals surface area contributed by atoms with E-state index in [2.05, 4.69) is 11.4 Å². The molecule has 0 saturated carbocycles. The first kappa shape index (κ1) is 21.2. The predicted octanol–water partition coefficient (Wildman–Crippen LogP) is 5.70. The Morgan fingerprint density at radius 1 is 1.09 bits per heavy atom. The molecule has 1 amide bonds. The van der Waals surface area contributed by atoms with Crippen molar-refractivity contribution in [2.45, 2.75) is 25.8 Å². The summed E-state index contributed by atoms with van der Waals surface area (Å²) in [7, 11) is 1.65. The highest BCUT2D eigenvalue weighted by molar-refractivity contribution is 7.08. The molecular weight excluding hydrogens is 432 g/mol. The SMILES string of the molecule is CCC(=O)N1N=C(c2ccsc2)C[C@H]1c1cn(-c2ccccc2)nc1-c1ccc(OC)cc1. The van der Waals surface area contributed by atoms with Gasteiger partial charge in [-0.25, -0.2) is 9.69 Å². The molecule has 0 fully saturated rings. The van der Waals surface area contributed by atoms with E-state index in [1.807, 2.05) is 77.8 Å². The number of hydrogen-bond acceptors (Lipinski definition) is 5. The Morgan fingerprint density at radius 2 is 1.88 bits per heavy atom. The van der Waals surface area contributed by atoms with Crippen molar-refractivity contribution in [3.05, 3.63) is 88.7 Å². The molecule has 5 rings (SSSR count). The number of ether oxygens (including phenoxy) is 1. The summed E-state index contributed by atoms with van der Waals surface area (Å²) in [5.41, 5.74) is 5.73. The van der Waals surface area contributed by atoms with Gasteiger partial charge < -0.3 is 4.74 Å². The van der Waals surface area contributed by atoms with Gasteiger partial charge in [0.2, 0.25) is 5.91 Å². The van der Waals surface area contributed by atoms with Crippen LogP contribution in [0, 0.1) is 0 Å². The number of amides is 1. The summed E-state index contributed by atoms with van der Waals surface area (Å²) < 4.78 is 7.21. The topological polar surface area (TPSA) is 59.7 Å². The van der Waals surface area contributed by atoms with Crippen LogP contribution < -0.4 is 4.74 Å². The van der Waals surface area contributed by atoms with Crippen LogP contribution >= 0.6 is 11.3 Å². The number of para-hydroxylation sites is 1. The molecule has 3 heterocycles. The molecule has 1 aliphatic heterocycles. The van der Waals surface area contributed by atoms with E-state index in [0.717, 1.165) is 39.5 Å². The highest BCUT2D eigenvalue weighted by Crippen LogP contribution is 2.39. The van der Waals surface area contributed by atoms with E-state index in [0.29, 0.717) is 12.8 Å². The minimum atomic E-state index is -0.220. The van der Waals surface area contributed by atoms with Crippen molar-refractivity contribution in [1.82, 2.24) is 14.8 Å². The average molecular weight is 457 g/mol. The summed E-state index contributed by atoms with van der Waals surface area (Å²) in [6, 6.07) is 19.7. The fourth-order valence-electron chi connectivity index (χ4n) is 4.07. The summed E-state index contributed by atoms with van der Waals surface area (Å²) in [5.74, 6) is 0.785. The van der Waals surface area contributed by atoms with Gasteiger partial charge in [0.15, 0.2) is 0 Å². The van der Waals surface area contributed by atoms with E-state index in [1.54, 1.807) is 23.5 Å². The standard InChI is InChI=1S/C26H24N4O2S/c1-3-25(31)30-24(15-23(27-30)19-13-14-33-17-19)22-16-29(20-7-5-4-6-8-20)28-26(22)18-9-11-21(32-2)12-10-18/h4-14,16-17,24H,3,15H2,1-2H3/t24-/m0/s1. The summed E-state index contributed by atoms with van der Waals surface area (Å²) in [4.78, 5) is 12.9. The van der Waals surface area contributed by atoms with Gasteiger partial charge in [0, 0.05) is 35.7 Å². The van der Waals surface area contributed by atoms with Crippen LogP contribution in [-0.2, 0) is 4.79 Å². The van der Waals surface area contributed by atoms with Crippen LogP contribution in [0.15, 0.2) is 82.7 Å². The molecule has 0 radical (unpaired) electrons. The van der Waals surface area contributed by atoms with Gasteiger partial charge in [-0.05, 0) is 53.2 Å². The maximum Gasteiger partial charge on any atom is 0.242 e. The van der Waals surface area contributed by atoms with Gasteiger partial charge in [0.1, 0.15) is 5.75 Å². The first-order chi connectivity index (χ1) is 16.2. The highest BCUT2D eigenvalue weighted by atomic mass is 32.1. The number of carbonyl (C=O) groups is 1. The second-order valence-corrected chi connectivity index (χ2v) is 8.59. The van der Waals surface area contributed by atoms with Crippen LogP contribution in [0.2, 0.25) is 0 Å². The van der Waals surface area contributed by atoms with Crippen LogP contribution in [0.3, 0.4) is 0 Å². The summed E-state index contributed by atoms with van der Waals surface area (Å²) in [5, 5.41) is 15.5. The third kappa shape index (κ3) is 4.07. The van der Waals surface area contributed by atoms with Gasteiger partial charge in [0.05, 0.1) is 30.2 Å². The Balaban J connectivity index is 1.62. The van der Waals surface area contributed by atoms with E-state index in [1.165, 1.54) is 0 Å². The number of hydrogen-bond donors (Lipinski definition) is 0. The van der Waals surface area contributed by atoms with Crippen molar-refractivity contribution in [2.75, 3.05) is 7.11 Å². The van der Waals surface area contributed by atoms with Gasteiger partial charge in [-0.15, -0.1) is 0 Å². The number of benzene rings is 2. The Bertz CT molecular complexity index is 1280. The van der Waals surface area contributed by atoms with Gasteiger partial charge in [-0.3, -0.25) is 4.79 Å². The van der Waals surface area contributed by atoms with Crippen molar-refractivity contribution in [3.8, 4) is 22.7 Å². The number of methoxy groups -OCH3 is 1. The zero-order chi connectivity index (χ0) is 22.8. The Morgan fingerprint density at radius 3 is 2.55 bits per heavy atom. The van der Waals surface area contributed by atoms with Gasteiger partial charge in [-0.1, -0.05) is 25.1 Å². The van der Waals surface area contributed by atoms with Gasteiger partial charge in [-0.2, -0.15) is 21.5 Å². The molecule has 33 heavy (non-hydrogen) atoms. The lowest BCUT2D eigenvalue weighted by atomic mass is 9.97. The second-order valence-electron chi connectivity index (χ2n) is 7.81. The number of carbonyl (C=O) groups excluding carboxylic acids is 1. The summed E-state index contributed by atoms with van der Waals surface area (Å²) >= 11 is 1.63. The molecular formula is C26H24N4O2S. The monoisotopic (exact) mass is 456 g/mol. The molecule has 4 aromatic rings. The first-order valence-electron chi connectivity index (χ1n) is 10.9. The number of thiophene rings is 1. The Labute approximate surface area is 196 Å². The van der Waals surface area contributed by atoms with E-state index in [4.69, 9.17) is 14.9 Å². The van der Waals surface area contributed by atoms with Crippen molar-refractivity contribution >= 4 is 23.0 Å². The van der Waals surface area contributed by atoms with E-state index >= 15 is 0 Å². The molecule has 166 valence electrons. The van der Waals surface area contributed by atoms with E-state index in [-0.39, 0.29) is 11.9 Å². The molecule has 2 aromatic heterocycles.